The maximum Gasteiger partial charge on any atom is 0.216 e. The Morgan fingerprint density at radius 3 is 1.32 bits per heavy atom. The molecule has 0 heterocycles. The van der Waals surface area contributed by atoms with Crippen LogP contribution >= 0.6 is 0 Å². The van der Waals surface area contributed by atoms with Crippen LogP contribution in [0.25, 0.3) is 0 Å². The van der Waals surface area contributed by atoms with E-state index in [1.807, 2.05) is 27.8 Å². The van der Waals surface area contributed by atoms with Gasteiger partial charge in [-0.3, -0.25) is 19.2 Å². The lowest BCUT2D eigenvalue weighted by Gasteiger charge is -2.04. The summed E-state index contributed by atoms with van der Waals surface area (Å²) < 4.78 is 72.7. The van der Waals surface area contributed by atoms with E-state index in [0.717, 1.165) is 63.0 Å². The van der Waals surface area contributed by atoms with E-state index in [2.05, 4.69) is 50.3 Å². The summed E-state index contributed by atoms with van der Waals surface area (Å²) in [5, 5.41) is 5.34. The SMILES string of the molecule is CCC(=O)C1CCC(C)C1.CCC(=O)CC1CC1.CCC(=O)COC.CCS(=O)(=O)NC.CNC(C)=O.CNC(C)C.CNS(=O)(=O)C1CC1.CNS(C)(=O)=O. The Morgan fingerprint density at radius 1 is 0.714 bits per heavy atom. The van der Waals surface area contributed by atoms with Crippen molar-refractivity contribution in [3.8, 4) is 0 Å². The number of hydrogen-bond donors (Lipinski definition) is 5. The van der Waals surface area contributed by atoms with Gasteiger partial charge in [-0.2, -0.15) is 0 Å². The Morgan fingerprint density at radius 2 is 1.16 bits per heavy atom. The first-order chi connectivity index (χ1) is 25.8. The highest BCUT2D eigenvalue weighted by Gasteiger charge is 2.34. The van der Waals surface area contributed by atoms with Crippen LogP contribution < -0.4 is 24.8 Å². The largest absolute Gasteiger partial charge is 0.377 e. The summed E-state index contributed by atoms with van der Waals surface area (Å²) in [5.41, 5.74) is 0. The van der Waals surface area contributed by atoms with Crippen molar-refractivity contribution in [3.05, 3.63) is 0 Å². The van der Waals surface area contributed by atoms with Crippen LogP contribution in [0.15, 0.2) is 0 Å². The third-order valence-corrected chi connectivity index (χ3v) is 12.1. The fourth-order valence-corrected chi connectivity index (χ4v) is 4.91. The Balaban J connectivity index is -0.000000179. The van der Waals surface area contributed by atoms with Gasteiger partial charge in [-0.1, -0.05) is 41.5 Å². The summed E-state index contributed by atoms with van der Waals surface area (Å²) in [6.45, 7) is 15.5. The number of sulfonamides is 3. The van der Waals surface area contributed by atoms with Crippen molar-refractivity contribution < 1.29 is 49.2 Å². The van der Waals surface area contributed by atoms with E-state index in [0.29, 0.717) is 29.9 Å². The molecule has 0 radical (unpaired) electrons. The van der Waals surface area contributed by atoms with Crippen molar-refractivity contribution in [3.63, 3.8) is 0 Å². The number of methoxy groups -OCH3 is 1. The average molecular weight is 868 g/mol. The zero-order valence-electron chi connectivity index (χ0n) is 37.3. The van der Waals surface area contributed by atoms with Crippen molar-refractivity contribution in [1.29, 1.82) is 0 Å². The molecule has 3 aliphatic carbocycles. The quantitative estimate of drug-likeness (QED) is 0.169. The van der Waals surface area contributed by atoms with Gasteiger partial charge in [0.25, 0.3) is 0 Å². The van der Waals surface area contributed by atoms with Crippen LogP contribution in [0, 0.1) is 17.8 Å². The number of Topliss-reactive ketones (excluding diaryl/α,β-unsaturated/α-hetero) is 3. The number of ether oxygens (including phenoxy) is 1. The van der Waals surface area contributed by atoms with Crippen molar-refractivity contribution in [2.75, 3.05) is 61.0 Å². The standard InChI is InChI=1S/C9H16O.C7H12O.C5H10O2.C4H9NO2S.C4H11N.C3H9NO2S.C3H7NO.C2H7NO2S/c1-3-9(10)8-5-4-7(2)6-8;1-2-7(8)5-6-3-4-6;1-3-5(6)4-7-2;1-5-8(6,7)4-2-3-4;1-4(2)5-3;1-3-7(5,6)4-2;1-3(5)4-2;1-3-6(2,4)5/h7-8H,3-6H2,1-2H3;6H,2-5H2,1H3;3-4H2,1-2H3;4-5H,2-3H2,1H3;4-5H,1-3H3;4H,3H2,1-2H3;1-2H3,(H,4,5);3H,1-2H3. The fourth-order valence-electron chi connectivity index (χ4n) is 3.53. The summed E-state index contributed by atoms with van der Waals surface area (Å²) in [5.74, 6) is 3.22. The number of hydrogen-bond acceptors (Lipinski definition) is 12. The number of carbonyl (C=O) groups is 4. The predicted molar refractivity (Wildman–Crippen MR) is 229 cm³/mol. The molecule has 0 aromatic heterocycles. The number of nitrogens with one attached hydrogen (secondary N) is 5. The Kier molecular flexibility index (Phi) is 42.3. The van der Waals surface area contributed by atoms with Gasteiger partial charge in [0.1, 0.15) is 18.2 Å². The smallest absolute Gasteiger partial charge is 0.216 e. The minimum absolute atomic E-state index is 0.00463. The molecule has 3 rings (SSSR count). The van der Waals surface area contributed by atoms with Gasteiger partial charge >= 0.3 is 0 Å². The molecule has 3 fully saturated rings. The van der Waals surface area contributed by atoms with Crippen molar-refractivity contribution in [2.24, 2.45) is 17.8 Å². The second-order valence-corrected chi connectivity index (χ2v) is 19.9. The lowest BCUT2D eigenvalue weighted by Crippen LogP contribution is -2.22. The summed E-state index contributed by atoms with van der Waals surface area (Å²) in [6.07, 6.45) is 11.8. The number of amides is 1. The maximum atomic E-state index is 11.2. The van der Waals surface area contributed by atoms with Crippen LogP contribution in [0.2, 0.25) is 0 Å². The molecule has 56 heavy (non-hydrogen) atoms. The molecule has 0 aliphatic heterocycles. The summed E-state index contributed by atoms with van der Waals surface area (Å²) in [4.78, 5) is 41.8. The number of ketones is 3. The Hall–Kier alpha value is -1.87. The molecule has 19 heteroatoms. The van der Waals surface area contributed by atoms with Crippen LogP contribution in [0.5, 0.6) is 0 Å². The zero-order chi connectivity index (χ0) is 45.1. The van der Waals surface area contributed by atoms with E-state index in [-0.39, 0.29) is 29.3 Å². The highest BCUT2D eigenvalue weighted by Crippen LogP contribution is 2.33. The van der Waals surface area contributed by atoms with E-state index < -0.39 is 30.1 Å². The predicted octanol–water partition coefficient (Wildman–Crippen LogP) is 3.56. The normalized spacial score (nSPS) is 16.8. The van der Waals surface area contributed by atoms with Gasteiger partial charge < -0.3 is 15.4 Å². The Bertz CT molecular complexity index is 1340. The first-order valence-electron chi connectivity index (χ1n) is 19.4. The third-order valence-electron chi connectivity index (χ3n) is 8.04. The van der Waals surface area contributed by atoms with Gasteiger partial charge in [-0.05, 0) is 91.9 Å². The molecule has 2 atom stereocenters. The molecule has 2 unspecified atom stereocenters. The van der Waals surface area contributed by atoms with Crippen molar-refractivity contribution >= 4 is 53.3 Å². The second kappa shape index (κ2) is 37.4. The van der Waals surface area contributed by atoms with Crippen LogP contribution in [0.4, 0.5) is 0 Å². The average Bonchev–Trinajstić information content (AvgIpc) is 4.11. The lowest BCUT2D eigenvalue weighted by molar-refractivity contribution is -0.123. The van der Waals surface area contributed by atoms with Crippen LogP contribution in [-0.2, 0) is 54.0 Å². The molecule has 0 bridgehead atoms. The van der Waals surface area contributed by atoms with Gasteiger partial charge in [-0.15, -0.1) is 0 Å². The van der Waals surface area contributed by atoms with Crippen molar-refractivity contribution in [1.82, 2.24) is 24.8 Å². The lowest BCUT2D eigenvalue weighted by atomic mass is 10.00. The minimum Gasteiger partial charge on any atom is -0.377 e. The molecule has 0 aromatic rings. The first-order valence-corrected chi connectivity index (χ1v) is 24.5. The van der Waals surface area contributed by atoms with E-state index in [9.17, 15) is 44.4 Å². The van der Waals surface area contributed by atoms with Crippen molar-refractivity contribution in [2.45, 2.75) is 137 Å². The van der Waals surface area contributed by atoms with Crippen LogP contribution in [-0.4, -0.2) is 121 Å². The first kappa shape index (κ1) is 63.3. The molecule has 0 aromatic carbocycles. The van der Waals surface area contributed by atoms with E-state index in [1.165, 1.54) is 54.4 Å². The molecule has 5 N–H and O–H groups in total. The topological polar surface area (TPSA) is 240 Å². The number of carbonyl (C=O) groups excluding carboxylic acids is 4. The molecule has 3 saturated carbocycles. The molecular formula is C37H81N5O11S3. The minimum atomic E-state index is -2.91. The molecular weight excluding hydrogens is 787 g/mol. The molecule has 1 amide bonds. The van der Waals surface area contributed by atoms with Gasteiger partial charge in [0.05, 0.1) is 17.3 Å². The monoisotopic (exact) mass is 868 g/mol. The molecule has 338 valence electrons. The molecule has 3 aliphatic rings. The summed E-state index contributed by atoms with van der Waals surface area (Å²) >= 11 is 0. The number of rotatable bonds is 14. The van der Waals surface area contributed by atoms with Gasteiger partial charge in [-0.25, -0.2) is 39.4 Å². The second-order valence-electron chi connectivity index (χ2n) is 13.6. The maximum absolute atomic E-state index is 11.2. The van der Waals surface area contributed by atoms with Crippen LogP contribution in [0.3, 0.4) is 0 Å². The molecule has 0 spiro atoms. The highest BCUT2D eigenvalue weighted by atomic mass is 32.2. The van der Waals surface area contributed by atoms with Gasteiger partial charge in [0.15, 0.2) is 5.78 Å². The summed E-state index contributed by atoms with van der Waals surface area (Å²) in [7, 11) is 0.600. The third kappa shape index (κ3) is 50.1. The summed E-state index contributed by atoms with van der Waals surface area (Å²) in [6, 6.07) is 0.634. The van der Waals surface area contributed by atoms with Crippen LogP contribution in [0.1, 0.15) is 126 Å². The molecule has 16 nitrogen and oxygen atoms in total. The van der Waals surface area contributed by atoms with E-state index >= 15 is 0 Å². The fraction of sp³-hybridized carbons (Fsp3) is 0.892. The van der Waals surface area contributed by atoms with Gasteiger partial charge in [0, 0.05) is 58.7 Å². The van der Waals surface area contributed by atoms with Gasteiger partial charge in [0.2, 0.25) is 36.0 Å². The highest BCUT2D eigenvalue weighted by molar-refractivity contribution is 7.90. The van der Waals surface area contributed by atoms with E-state index in [4.69, 9.17) is 0 Å². The zero-order valence-corrected chi connectivity index (χ0v) is 39.7. The Labute approximate surface area is 342 Å². The van der Waals surface area contributed by atoms with E-state index in [1.54, 1.807) is 14.0 Å². The molecule has 0 saturated heterocycles.